The average molecular weight is 357 g/mol. The van der Waals surface area contributed by atoms with Crippen molar-refractivity contribution >= 4 is 17.8 Å². The molecule has 7 heteroatoms. The Hall–Kier alpha value is -2.93. The van der Waals surface area contributed by atoms with Gasteiger partial charge >= 0.3 is 0 Å². The predicted molar refractivity (Wildman–Crippen MR) is 97.1 cm³/mol. The van der Waals surface area contributed by atoms with E-state index in [1.54, 1.807) is 18.3 Å². The van der Waals surface area contributed by atoms with E-state index >= 15 is 0 Å². The van der Waals surface area contributed by atoms with E-state index in [4.69, 9.17) is 9.47 Å². The van der Waals surface area contributed by atoms with Crippen LogP contribution in [0.25, 0.3) is 0 Å². The molecule has 1 amide bonds. The molecule has 1 heterocycles. The molecule has 1 fully saturated rings. The van der Waals surface area contributed by atoms with Gasteiger partial charge in [0.25, 0.3) is 5.91 Å². The first-order chi connectivity index (χ1) is 12.7. The van der Waals surface area contributed by atoms with Crippen LogP contribution in [-0.2, 0) is 9.53 Å². The minimum Gasteiger partial charge on any atom is -0.481 e. The molecule has 0 aromatic heterocycles. The number of halogens is 1. The Bertz CT molecular complexity index is 759. The van der Waals surface area contributed by atoms with Gasteiger partial charge in [0, 0.05) is 18.8 Å². The first-order valence-corrected chi connectivity index (χ1v) is 8.34. The number of anilines is 1. The van der Waals surface area contributed by atoms with Crippen molar-refractivity contribution in [3.05, 3.63) is 59.9 Å². The number of nitrogens with one attached hydrogen (secondary N) is 1. The molecule has 1 saturated heterocycles. The lowest BCUT2D eigenvalue weighted by molar-refractivity contribution is -0.123. The van der Waals surface area contributed by atoms with Crippen molar-refractivity contribution in [1.29, 1.82) is 0 Å². The Morgan fingerprint density at radius 3 is 2.65 bits per heavy atom. The molecule has 0 spiro atoms. The van der Waals surface area contributed by atoms with E-state index in [1.165, 1.54) is 12.1 Å². The second kappa shape index (κ2) is 8.96. The van der Waals surface area contributed by atoms with E-state index in [9.17, 15) is 9.18 Å². The number of hydrogen-bond donors (Lipinski definition) is 1. The monoisotopic (exact) mass is 357 g/mol. The zero-order valence-corrected chi connectivity index (χ0v) is 14.2. The van der Waals surface area contributed by atoms with E-state index in [2.05, 4.69) is 15.4 Å². The molecule has 6 nitrogen and oxygen atoms in total. The number of para-hydroxylation sites is 1. The van der Waals surface area contributed by atoms with Crippen LogP contribution < -0.4 is 15.1 Å². The van der Waals surface area contributed by atoms with Crippen molar-refractivity contribution in [1.82, 2.24) is 5.43 Å². The lowest BCUT2D eigenvalue weighted by Gasteiger charge is -2.28. The summed E-state index contributed by atoms with van der Waals surface area (Å²) in [6.07, 6.45) is 1.55. The first-order valence-electron chi connectivity index (χ1n) is 8.34. The first kappa shape index (κ1) is 17.9. The lowest BCUT2D eigenvalue weighted by Crippen LogP contribution is -2.36. The maximum Gasteiger partial charge on any atom is 0.277 e. The van der Waals surface area contributed by atoms with E-state index in [0.29, 0.717) is 0 Å². The Labute approximate surface area is 151 Å². The number of morpholine rings is 1. The fourth-order valence-corrected chi connectivity index (χ4v) is 2.51. The molecular formula is C19H20FN3O3. The van der Waals surface area contributed by atoms with E-state index in [1.807, 2.05) is 24.3 Å². The summed E-state index contributed by atoms with van der Waals surface area (Å²) in [7, 11) is 0. The van der Waals surface area contributed by atoms with E-state index < -0.39 is 11.7 Å². The Balaban J connectivity index is 1.45. The van der Waals surface area contributed by atoms with Gasteiger partial charge in [0.2, 0.25) is 0 Å². The van der Waals surface area contributed by atoms with Gasteiger partial charge in [-0.05, 0) is 29.8 Å². The number of hydrogen-bond acceptors (Lipinski definition) is 5. The van der Waals surface area contributed by atoms with Crippen LogP contribution in [0.15, 0.2) is 53.6 Å². The summed E-state index contributed by atoms with van der Waals surface area (Å²) in [5.74, 6) is -0.941. The highest BCUT2D eigenvalue weighted by Gasteiger charge is 2.10. The minimum atomic E-state index is -0.510. The van der Waals surface area contributed by atoms with Crippen LogP contribution in [-0.4, -0.2) is 45.0 Å². The maximum atomic E-state index is 13.4. The highest BCUT2D eigenvalue weighted by atomic mass is 19.1. The molecular weight excluding hydrogens is 337 g/mol. The average Bonchev–Trinajstić information content (AvgIpc) is 2.69. The second-order valence-electron chi connectivity index (χ2n) is 5.70. The van der Waals surface area contributed by atoms with Crippen LogP contribution in [0.5, 0.6) is 5.75 Å². The van der Waals surface area contributed by atoms with Gasteiger partial charge in [-0.25, -0.2) is 9.82 Å². The summed E-state index contributed by atoms with van der Waals surface area (Å²) in [4.78, 5) is 13.9. The van der Waals surface area contributed by atoms with Crippen molar-refractivity contribution in [2.45, 2.75) is 0 Å². The van der Waals surface area contributed by atoms with Crippen LogP contribution in [0.4, 0.5) is 10.1 Å². The second-order valence-corrected chi connectivity index (χ2v) is 5.70. The molecule has 0 saturated carbocycles. The molecule has 2 aromatic carbocycles. The van der Waals surface area contributed by atoms with Gasteiger partial charge in [-0.1, -0.05) is 24.3 Å². The molecule has 3 rings (SSSR count). The number of benzene rings is 2. The van der Waals surface area contributed by atoms with E-state index in [-0.39, 0.29) is 12.4 Å². The van der Waals surface area contributed by atoms with Gasteiger partial charge in [0.15, 0.2) is 18.2 Å². The van der Waals surface area contributed by atoms with Gasteiger partial charge < -0.3 is 14.4 Å². The van der Waals surface area contributed by atoms with Crippen molar-refractivity contribution in [2.24, 2.45) is 5.10 Å². The fraction of sp³-hybridized carbons (Fsp3) is 0.263. The van der Waals surface area contributed by atoms with Gasteiger partial charge in [-0.15, -0.1) is 0 Å². The van der Waals surface area contributed by atoms with Crippen LogP contribution in [0.1, 0.15) is 5.56 Å². The van der Waals surface area contributed by atoms with Crippen LogP contribution in [0, 0.1) is 5.82 Å². The molecule has 0 radical (unpaired) electrons. The smallest absolute Gasteiger partial charge is 0.277 e. The summed E-state index contributed by atoms with van der Waals surface area (Å²) >= 11 is 0. The molecule has 26 heavy (non-hydrogen) atoms. The molecule has 0 bridgehead atoms. The zero-order valence-electron chi connectivity index (χ0n) is 14.2. The third-order valence-electron chi connectivity index (χ3n) is 3.87. The predicted octanol–water partition coefficient (Wildman–Crippen LogP) is 2.19. The SMILES string of the molecule is O=C(COc1ccccc1F)NN=Cc1ccc(N2CCOCC2)cc1. The van der Waals surface area contributed by atoms with Gasteiger partial charge in [0.05, 0.1) is 19.4 Å². The number of amides is 1. The molecule has 0 atom stereocenters. The van der Waals surface area contributed by atoms with Crippen molar-refractivity contribution < 1.29 is 18.7 Å². The van der Waals surface area contributed by atoms with Crippen LogP contribution in [0.3, 0.4) is 0 Å². The molecule has 0 aliphatic carbocycles. The number of carbonyl (C=O) groups is 1. The van der Waals surface area contributed by atoms with Crippen molar-refractivity contribution in [2.75, 3.05) is 37.8 Å². The molecule has 136 valence electrons. The van der Waals surface area contributed by atoms with E-state index in [0.717, 1.165) is 37.6 Å². The number of nitrogens with zero attached hydrogens (tertiary/aromatic N) is 2. The quantitative estimate of drug-likeness (QED) is 0.636. The Morgan fingerprint density at radius 1 is 1.19 bits per heavy atom. The number of ether oxygens (including phenoxy) is 2. The molecule has 0 unspecified atom stereocenters. The molecule has 1 aliphatic heterocycles. The molecule has 1 aliphatic rings. The zero-order chi connectivity index (χ0) is 18.2. The van der Waals surface area contributed by atoms with Gasteiger partial charge in [0.1, 0.15) is 0 Å². The van der Waals surface area contributed by atoms with Gasteiger partial charge in [-0.2, -0.15) is 5.10 Å². The third kappa shape index (κ3) is 5.03. The number of hydrazone groups is 1. The topological polar surface area (TPSA) is 63.2 Å². The summed E-state index contributed by atoms with van der Waals surface area (Å²) in [6, 6.07) is 13.8. The third-order valence-corrected chi connectivity index (χ3v) is 3.87. The fourth-order valence-electron chi connectivity index (χ4n) is 2.51. The number of rotatable bonds is 6. The molecule has 1 N–H and O–H groups in total. The summed E-state index contributed by atoms with van der Waals surface area (Å²) in [5.41, 5.74) is 4.35. The summed E-state index contributed by atoms with van der Waals surface area (Å²) in [5, 5.41) is 3.89. The van der Waals surface area contributed by atoms with Crippen LogP contribution >= 0.6 is 0 Å². The van der Waals surface area contributed by atoms with Crippen molar-refractivity contribution in [3.8, 4) is 5.75 Å². The van der Waals surface area contributed by atoms with Crippen LogP contribution in [0.2, 0.25) is 0 Å². The normalized spacial score (nSPS) is 14.4. The standard InChI is InChI=1S/C19H20FN3O3/c20-17-3-1-2-4-18(17)26-14-19(24)22-21-13-15-5-7-16(8-6-15)23-9-11-25-12-10-23/h1-8,13H,9-12,14H2,(H,22,24). The van der Waals surface area contributed by atoms with Crippen molar-refractivity contribution in [3.63, 3.8) is 0 Å². The number of carbonyl (C=O) groups excluding carboxylic acids is 1. The largest absolute Gasteiger partial charge is 0.481 e. The summed E-state index contributed by atoms with van der Waals surface area (Å²) in [6.45, 7) is 2.93. The highest BCUT2D eigenvalue weighted by molar-refractivity contribution is 5.83. The van der Waals surface area contributed by atoms with Gasteiger partial charge in [-0.3, -0.25) is 4.79 Å². The minimum absolute atomic E-state index is 0.0327. The maximum absolute atomic E-state index is 13.4. The summed E-state index contributed by atoms with van der Waals surface area (Å²) < 4.78 is 23.8. The highest BCUT2D eigenvalue weighted by Crippen LogP contribution is 2.16. The Kier molecular flexibility index (Phi) is 6.16. The lowest BCUT2D eigenvalue weighted by atomic mass is 10.2. The Morgan fingerprint density at radius 2 is 1.92 bits per heavy atom. The molecule has 2 aromatic rings.